The van der Waals surface area contributed by atoms with Gasteiger partial charge in [0.1, 0.15) is 30.0 Å². The van der Waals surface area contributed by atoms with Crippen LogP contribution >= 0.6 is 11.3 Å². The molecule has 1 aromatic heterocycles. The molecule has 15 nitrogen and oxygen atoms in total. The number of alkyl carbamates (subject to hydrolysis) is 1. The minimum atomic E-state index is -0.907. The molecule has 3 N–H and O–H groups in total. The molecule has 0 aliphatic carbocycles. The van der Waals surface area contributed by atoms with E-state index in [0.29, 0.717) is 64.0 Å². The number of carbonyl (C=O) groups excluding carboxylic acids is 4. The van der Waals surface area contributed by atoms with Crippen molar-refractivity contribution < 1.29 is 48.0 Å². The Morgan fingerprint density at radius 2 is 1.66 bits per heavy atom. The topological polar surface area (TPSA) is 178 Å². The molecule has 58 heavy (non-hydrogen) atoms. The molecule has 16 heteroatoms. The Balaban J connectivity index is 1.11. The SMILES string of the molecule is Cc1ncsc1-c1ccc(CNC(=O)[C@@H]2C[C@@H](O)CN2C(=O)[C@H](C(C)C)N2Cc3ccccc3C2=O)c(OCCOCCOCCOCCNC(=O)OC(C)(C)C)c1. The largest absolute Gasteiger partial charge is 0.491 e. The molecule has 2 aromatic carbocycles. The van der Waals surface area contributed by atoms with Crippen LogP contribution in [-0.2, 0) is 41.6 Å². The van der Waals surface area contributed by atoms with Gasteiger partial charge in [-0.1, -0.05) is 44.2 Å². The van der Waals surface area contributed by atoms with E-state index in [0.717, 1.165) is 27.3 Å². The average molecular weight is 824 g/mol. The molecule has 3 heterocycles. The van der Waals surface area contributed by atoms with Gasteiger partial charge in [0.05, 0.1) is 61.8 Å². The number of likely N-dealkylation sites (tertiary alicyclic amines) is 1. The molecule has 0 saturated carbocycles. The van der Waals surface area contributed by atoms with E-state index >= 15 is 0 Å². The number of nitrogens with one attached hydrogen (secondary N) is 2. The summed E-state index contributed by atoms with van der Waals surface area (Å²) in [4.78, 5) is 61.4. The Morgan fingerprint density at radius 1 is 0.966 bits per heavy atom. The first-order valence-electron chi connectivity index (χ1n) is 19.7. The van der Waals surface area contributed by atoms with Crippen molar-refractivity contribution in [3.05, 3.63) is 70.4 Å². The Labute approximate surface area is 344 Å². The van der Waals surface area contributed by atoms with E-state index in [1.807, 2.05) is 51.1 Å². The molecule has 0 unspecified atom stereocenters. The number of rotatable bonds is 20. The first-order chi connectivity index (χ1) is 27.7. The standard InChI is InChI=1S/C42H57N5O10S/c1-27(2)36(47-24-31-9-7-8-10-33(31)39(47)50)40(51)46-25-32(48)22-34(46)38(49)44-23-30-12-11-29(37-28(3)45-26-58-37)21-35(30)56-20-19-55-18-17-54-16-15-53-14-13-43-41(52)57-42(4,5)6/h7-12,21,26-27,32,34,36,48H,13-20,22-25H2,1-6H3,(H,43,52)(H,44,49)/t32-,34+,36+/m1/s1. The molecule has 0 radical (unpaired) electrons. The van der Waals surface area contributed by atoms with E-state index < -0.39 is 35.8 Å². The molecule has 4 amide bonds. The van der Waals surface area contributed by atoms with Crippen molar-refractivity contribution in [3.8, 4) is 16.2 Å². The van der Waals surface area contributed by atoms with Crippen LogP contribution in [0, 0.1) is 12.8 Å². The van der Waals surface area contributed by atoms with Crippen molar-refractivity contribution in [3.63, 3.8) is 0 Å². The molecule has 1 saturated heterocycles. The number of aliphatic hydroxyl groups is 1. The highest BCUT2D eigenvalue weighted by Crippen LogP contribution is 2.33. The predicted molar refractivity (Wildman–Crippen MR) is 217 cm³/mol. The molecule has 2 aliphatic rings. The fraction of sp³-hybridized carbons (Fsp3) is 0.548. The van der Waals surface area contributed by atoms with E-state index in [1.165, 1.54) is 16.2 Å². The molecule has 3 aromatic rings. The number of aliphatic hydroxyl groups excluding tert-OH is 1. The zero-order chi connectivity index (χ0) is 41.8. The Hall–Kier alpha value is -4.61. The molecule has 0 bridgehead atoms. The zero-order valence-corrected chi connectivity index (χ0v) is 35.1. The number of benzene rings is 2. The quantitative estimate of drug-likeness (QED) is 0.138. The van der Waals surface area contributed by atoms with Crippen LogP contribution in [0.4, 0.5) is 4.79 Å². The van der Waals surface area contributed by atoms with E-state index in [9.17, 15) is 24.3 Å². The second-order valence-corrected chi connectivity index (χ2v) is 16.5. The van der Waals surface area contributed by atoms with Gasteiger partial charge < -0.3 is 49.2 Å². The predicted octanol–water partition coefficient (Wildman–Crippen LogP) is 4.33. The summed E-state index contributed by atoms with van der Waals surface area (Å²) in [6.07, 6.45) is -1.27. The average Bonchev–Trinajstić information content (AvgIpc) is 3.88. The third-order valence-electron chi connectivity index (χ3n) is 9.61. The van der Waals surface area contributed by atoms with Crippen LogP contribution in [0.2, 0.25) is 0 Å². The maximum atomic E-state index is 14.2. The lowest BCUT2D eigenvalue weighted by Crippen LogP contribution is -2.55. The van der Waals surface area contributed by atoms with Gasteiger partial charge in [0.25, 0.3) is 5.91 Å². The van der Waals surface area contributed by atoms with Gasteiger partial charge in [-0.3, -0.25) is 14.4 Å². The van der Waals surface area contributed by atoms with Gasteiger partial charge in [0.15, 0.2) is 0 Å². The number of nitrogens with zero attached hydrogens (tertiary/aromatic N) is 3. The molecular formula is C42H57N5O10S. The first-order valence-corrected chi connectivity index (χ1v) is 20.6. The maximum Gasteiger partial charge on any atom is 0.407 e. The fourth-order valence-electron chi connectivity index (χ4n) is 6.90. The number of hydrogen-bond donors (Lipinski definition) is 3. The van der Waals surface area contributed by atoms with Gasteiger partial charge in [-0.05, 0) is 56.9 Å². The van der Waals surface area contributed by atoms with Crippen molar-refractivity contribution in [2.45, 2.75) is 84.8 Å². The smallest absolute Gasteiger partial charge is 0.407 e. The monoisotopic (exact) mass is 823 g/mol. The van der Waals surface area contributed by atoms with Crippen molar-refractivity contribution in [2.24, 2.45) is 5.92 Å². The van der Waals surface area contributed by atoms with Crippen LogP contribution in [0.5, 0.6) is 5.75 Å². The summed E-state index contributed by atoms with van der Waals surface area (Å²) in [6.45, 7) is 14.2. The number of ether oxygens (including phenoxy) is 5. The molecule has 0 spiro atoms. The number of aromatic nitrogens is 1. The minimum absolute atomic E-state index is 0.000287. The number of aryl methyl sites for hydroxylation is 1. The lowest BCUT2D eigenvalue weighted by Gasteiger charge is -2.35. The van der Waals surface area contributed by atoms with Crippen LogP contribution in [0.25, 0.3) is 10.4 Å². The van der Waals surface area contributed by atoms with E-state index in [2.05, 4.69) is 15.6 Å². The van der Waals surface area contributed by atoms with Crippen LogP contribution in [0.15, 0.2) is 48.0 Å². The number of hydrogen-bond acceptors (Lipinski definition) is 12. The lowest BCUT2D eigenvalue weighted by molar-refractivity contribution is -0.143. The Kier molecular flexibility index (Phi) is 16.0. The molecule has 3 atom stereocenters. The highest BCUT2D eigenvalue weighted by atomic mass is 32.1. The van der Waals surface area contributed by atoms with Crippen molar-refractivity contribution in [1.29, 1.82) is 0 Å². The maximum absolute atomic E-state index is 14.2. The Bertz CT molecular complexity index is 1860. The van der Waals surface area contributed by atoms with Crippen LogP contribution in [0.1, 0.15) is 68.2 Å². The van der Waals surface area contributed by atoms with Crippen molar-refractivity contribution >= 4 is 35.2 Å². The molecule has 316 valence electrons. The minimum Gasteiger partial charge on any atom is -0.491 e. The van der Waals surface area contributed by atoms with E-state index in [-0.39, 0.29) is 43.8 Å². The Morgan fingerprint density at radius 3 is 2.31 bits per heavy atom. The van der Waals surface area contributed by atoms with Gasteiger partial charge in [0, 0.05) is 43.7 Å². The summed E-state index contributed by atoms with van der Waals surface area (Å²) in [6, 6.07) is 11.4. The molecular weight excluding hydrogens is 767 g/mol. The highest BCUT2D eigenvalue weighted by Gasteiger charge is 2.45. The van der Waals surface area contributed by atoms with Crippen molar-refractivity contribution in [1.82, 2.24) is 25.4 Å². The summed E-state index contributed by atoms with van der Waals surface area (Å²) in [5.74, 6) is -0.629. The van der Waals surface area contributed by atoms with Crippen LogP contribution in [-0.4, -0.2) is 127 Å². The van der Waals surface area contributed by atoms with Gasteiger partial charge in [-0.15, -0.1) is 11.3 Å². The van der Waals surface area contributed by atoms with Gasteiger partial charge in [-0.25, -0.2) is 9.78 Å². The summed E-state index contributed by atoms with van der Waals surface area (Å²) in [5, 5.41) is 16.3. The second kappa shape index (κ2) is 20.9. The summed E-state index contributed by atoms with van der Waals surface area (Å²) in [5.41, 5.74) is 5.22. The number of thiazole rings is 1. The van der Waals surface area contributed by atoms with E-state index in [1.54, 1.807) is 43.3 Å². The number of fused-ring (bicyclic) bond motifs is 1. The number of β-amino-alcohol motifs (C(OH)–C–C–N with tert-alkyl or cyclic N) is 1. The highest BCUT2D eigenvalue weighted by molar-refractivity contribution is 7.13. The number of carbonyl (C=O) groups is 4. The van der Waals surface area contributed by atoms with Crippen LogP contribution in [0.3, 0.4) is 0 Å². The second-order valence-electron chi connectivity index (χ2n) is 15.6. The zero-order valence-electron chi connectivity index (χ0n) is 34.3. The third kappa shape index (κ3) is 12.2. The van der Waals surface area contributed by atoms with Gasteiger partial charge >= 0.3 is 6.09 Å². The summed E-state index contributed by atoms with van der Waals surface area (Å²) < 4.78 is 28.1. The molecule has 2 aliphatic heterocycles. The third-order valence-corrected chi connectivity index (χ3v) is 10.6. The fourth-order valence-corrected chi connectivity index (χ4v) is 7.71. The first kappa shape index (κ1) is 44.5. The van der Waals surface area contributed by atoms with Gasteiger partial charge in [0.2, 0.25) is 11.8 Å². The summed E-state index contributed by atoms with van der Waals surface area (Å²) in [7, 11) is 0. The van der Waals surface area contributed by atoms with Crippen LogP contribution < -0.4 is 15.4 Å². The normalized spacial score (nSPS) is 17.1. The lowest BCUT2D eigenvalue weighted by atomic mass is 10.0. The molecule has 5 rings (SSSR count). The van der Waals surface area contributed by atoms with Gasteiger partial charge in [-0.2, -0.15) is 0 Å². The molecule has 1 fully saturated rings. The number of amides is 4. The summed E-state index contributed by atoms with van der Waals surface area (Å²) >= 11 is 1.52. The van der Waals surface area contributed by atoms with E-state index in [4.69, 9.17) is 23.7 Å². The van der Waals surface area contributed by atoms with Crippen molar-refractivity contribution in [2.75, 3.05) is 59.3 Å².